The average Bonchev–Trinajstić information content (AvgIpc) is 1.84. The second-order valence-corrected chi connectivity index (χ2v) is 1.13. The molecule has 0 aromatic heterocycles. The van der Waals surface area contributed by atoms with Crippen molar-refractivity contribution in [3.05, 3.63) is 0 Å². The number of halogens is 4. The molecular weight excluding hydrogens is 167 g/mol. The van der Waals surface area contributed by atoms with Gasteiger partial charge in [0.05, 0.1) is 0 Å². The smallest absolute Gasteiger partial charge is 1.00 e. The monoisotopic (exact) mass is 170 g/mol. The van der Waals surface area contributed by atoms with Gasteiger partial charge in [0.2, 0.25) is 0 Å². The third-order valence-corrected chi connectivity index (χ3v) is 0.522. The first-order valence-electron chi connectivity index (χ1n) is 1.84. The molecule has 0 fully saturated rings. The maximum Gasteiger partial charge on any atom is 1.00 e. The van der Waals surface area contributed by atoms with Crippen molar-refractivity contribution in [3.8, 4) is 0 Å². The fourth-order valence-electron chi connectivity index (χ4n) is 0.145. The van der Waals surface area contributed by atoms with Gasteiger partial charge in [-0.15, -0.1) is 0 Å². The maximum absolute atomic E-state index is 11.5. The van der Waals surface area contributed by atoms with Gasteiger partial charge in [-0.25, -0.2) is 18.0 Å². The Labute approximate surface area is 77.2 Å². The van der Waals surface area contributed by atoms with E-state index in [9.17, 15) is 22.5 Å². The summed E-state index contributed by atoms with van der Waals surface area (Å²) in [6.07, 6.45) is -6.72. The molecule has 0 spiro atoms. The number of carbonyl (C=O) groups is 1. The zero-order valence-corrected chi connectivity index (χ0v) is 6.98. The predicted molar refractivity (Wildman–Crippen MR) is 19.2 cm³/mol. The number of rotatable bonds is 2. The van der Waals surface area contributed by atoms with Crippen molar-refractivity contribution in [1.29, 1.82) is 0 Å². The van der Waals surface area contributed by atoms with Gasteiger partial charge >= 0.3 is 35.5 Å². The molecular formula is C3H3F4NaO2. The van der Waals surface area contributed by atoms with Crippen molar-refractivity contribution in [1.82, 2.24) is 0 Å². The molecule has 7 heteroatoms. The summed E-state index contributed by atoms with van der Waals surface area (Å²) in [6.45, 7) is 0. The molecule has 0 saturated carbocycles. The van der Waals surface area contributed by atoms with E-state index in [1.807, 2.05) is 0 Å². The number of alkyl halides is 3. The molecule has 1 unspecified atom stereocenters. The van der Waals surface area contributed by atoms with E-state index in [1.165, 1.54) is 0 Å². The summed E-state index contributed by atoms with van der Waals surface area (Å²) >= 11 is 0. The Balaban J connectivity index is -0.000000320. The number of carbonyl (C=O) groups excluding carboxylic acids is 1. The van der Waals surface area contributed by atoms with Gasteiger partial charge in [0.25, 0.3) is 12.6 Å². The van der Waals surface area contributed by atoms with E-state index in [-0.39, 0.29) is 31.0 Å². The molecule has 0 radical (unpaired) electrons. The van der Waals surface area contributed by atoms with Crippen molar-refractivity contribution in [2.75, 3.05) is 0 Å². The quantitative estimate of drug-likeness (QED) is 0.358. The van der Waals surface area contributed by atoms with Crippen molar-refractivity contribution in [2.24, 2.45) is 0 Å². The molecule has 0 aliphatic heterocycles. The normalized spacial score (nSPS) is 12.1. The Bertz CT molecular complexity index is 114. The third-order valence-electron chi connectivity index (χ3n) is 0.522. The molecule has 0 amide bonds. The summed E-state index contributed by atoms with van der Waals surface area (Å²) in [4.78, 5) is 11.7. The first-order chi connectivity index (χ1) is 4.09. The van der Waals surface area contributed by atoms with Crippen molar-refractivity contribution in [2.45, 2.75) is 12.6 Å². The van der Waals surface area contributed by atoms with Gasteiger partial charge in [-0.3, -0.25) is 4.94 Å². The topological polar surface area (TPSA) is 26.3 Å². The van der Waals surface area contributed by atoms with E-state index in [4.69, 9.17) is 0 Å². The standard InChI is InChI=1S/C3H2F4O2.Na.H/c4-1(2(5)6)3(8)9-7;;/h1-2H;;/q;+1;-1. The Morgan fingerprint density at radius 2 is 1.80 bits per heavy atom. The van der Waals surface area contributed by atoms with Crippen LogP contribution in [0.2, 0.25) is 0 Å². The van der Waals surface area contributed by atoms with Gasteiger partial charge in [0.1, 0.15) is 0 Å². The van der Waals surface area contributed by atoms with Crippen LogP contribution in [0.4, 0.5) is 17.7 Å². The van der Waals surface area contributed by atoms with E-state index in [2.05, 4.69) is 4.94 Å². The van der Waals surface area contributed by atoms with Crippen LogP contribution < -0.4 is 29.6 Å². The first-order valence-corrected chi connectivity index (χ1v) is 1.84. The Kier molecular flexibility index (Phi) is 7.62. The van der Waals surface area contributed by atoms with Crippen LogP contribution in [0.25, 0.3) is 0 Å². The van der Waals surface area contributed by atoms with E-state index in [1.54, 1.807) is 0 Å². The van der Waals surface area contributed by atoms with Gasteiger partial charge in [0.15, 0.2) is 0 Å². The summed E-state index contributed by atoms with van der Waals surface area (Å²) in [5, 5.41) is 0. The first kappa shape index (κ1) is 12.8. The second-order valence-electron chi connectivity index (χ2n) is 1.13. The Morgan fingerprint density at radius 1 is 1.40 bits per heavy atom. The maximum atomic E-state index is 11.5. The molecule has 0 N–H and O–H groups in total. The average molecular weight is 170 g/mol. The number of hydrogen-bond donors (Lipinski definition) is 0. The fraction of sp³-hybridized carbons (Fsp3) is 0.667. The van der Waals surface area contributed by atoms with Gasteiger partial charge in [0, 0.05) is 4.53 Å². The van der Waals surface area contributed by atoms with Crippen LogP contribution in [0.15, 0.2) is 0 Å². The summed E-state index contributed by atoms with van der Waals surface area (Å²) in [5.41, 5.74) is 0. The SMILES string of the molecule is O=C(OF)C(F)C(F)F.[H-].[Na+]. The minimum atomic E-state index is -3.53. The van der Waals surface area contributed by atoms with E-state index in [0.717, 1.165) is 0 Å². The van der Waals surface area contributed by atoms with Crippen molar-refractivity contribution < 1.29 is 58.4 Å². The summed E-state index contributed by atoms with van der Waals surface area (Å²) in [7, 11) is 0. The number of hydrogen-bond acceptors (Lipinski definition) is 2. The molecule has 0 heterocycles. The van der Waals surface area contributed by atoms with Crippen LogP contribution in [-0.4, -0.2) is 18.6 Å². The van der Waals surface area contributed by atoms with Crippen LogP contribution in [0, 0.1) is 0 Å². The Morgan fingerprint density at radius 3 is 1.90 bits per heavy atom. The van der Waals surface area contributed by atoms with E-state index < -0.39 is 18.6 Å². The molecule has 0 aromatic rings. The molecule has 0 aromatic carbocycles. The molecule has 0 bridgehead atoms. The molecule has 0 aliphatic rings. The van der Waals surface area contributed by atoms with Crippen LogP contribution >= 0.6 is 0 Å². The van der Waals surface area contributed by atoms with Crippen LogP contribution in [0.3, 0.4) is 0 Å². The molecule has 2 nitrogen and oxygen atoms in total. The second kappa shape index (κ2) is 5.94. The summed E-state index contributed by atoms with van der Waals surface area (Å²) in [6, 6.07) is 0. The fourth-order valence-corrected chi connectivity index (χ4v) is 0.145. The van der Waals surface area contributed by atoms with Gasteiger partial charge in [-0.1, -0.05) is 0 Å². The zero-order chi connectivity index (χ0) is 7.44. The van der Waals surface area contributed by atoms with Crippen LogP contribution in [0.1, 0.15) is 1.43 Å². The van der Waals surface area contributed by atoms with Gasteiger partial charge < -0.3 is 1.43 Å². The van der Waals surface area contributed by atoms with Crippen molar-refractivity contribution >= 4 is 5.97 Å². The van der Waals surface area contributed by atoms with E-state index >= 15 is 0 Å². The molecule has 10 heavy (non-hydrogen) atoms. The minimum absolute atomic E-state index is 0. The van der Waals surface area contributed by atoms with E-state index in [0.29, 0.717) is 0 Å². The van der Waals surface area contributed by atoms with Gasteiger partial charge in [-0.2, -0.15) is 0 Å². The largest absolute Gasteiger partial charge is 1.00 e. The molecule has 0 rings (SSSR count). The predicted octanol–water partition coefficient (Wildman–Crippen LogP) is -1.87. The third kappa shape index (κ3) is 4.08. The van der Waals surface area contributed by atoms with Gasteiger partial charge in [-0.05, 0) is 0 Å². The summed E-state index contributed by atoms with van der Waals surface area (Å²) < 4.78 is 44.1. The van der Waals surface area contributed by atoms with Crippen LogP contribution in [-0.2, 0) is 9.74 Å². The molecule has 0 aliphatic carbocycles. The molecule has 1 atom stereocenters. The Hall–Kier alpha value is 0.190. The summed E-state index contributed by atoms with van der Waals surface area (Å²) in [5.74, 6) is -2.20. The minimum Gasteiger partial charge on any atom is -1.00 e. The van der Waals surface area contributed by atoms with Crippen LogP contribution in [0.5, 0.6) is 0 Å². The molecule has 0 saturated heterocycles. The van der Waals surface area contributed by atoms with Crippen molar-refractivity contribution in [3.63, 3.8) is 0 Å². The molecule has 56 valence electrons. The zero-order valence-electron chi connectivity index (χ0n) is 5.98.